The second-order valence-electron chi connectivity index (χ2n) is 6.07. The molecule has 0 aliphatic heterocycles. The van der Waals surface area contributed by atoms with Crippen LogP contribution in [-0.4, -0.2) is 11.9 Å². The van der Waals surface area contributed by atoms with Crippen molar-refractivity contribution in [2.24, 2.45) is 11.7 Å². The van der Waals surface area contributed by atoms with Gasteiger partial charge in [-0.25, -0.2) is 0 Å². The van der Waals surface area contributed by atoms with Gasteiger partial charge in [-0.2, -0.15) is 0 Å². The fourth-order valence-electron chi connectivity index (χ4n) is 3.29. The Morgan fingerprint density at radius 3 is 2.71 bits per heavy atom. The Labute approximate surface area is 125 Å². The van der Waals surface area contributed by atoms with Gasteiger partial charge in [-0.05, 0) is 42.5 Å². The van der Waals surface area contributed by atoms with Crippen molar-refractivity contribution in [1.82, 2.24) is 5.32 Å². The van der Waals surface area contributed by atoms with E-state index in [2.05, 4.69) is 36.5 Å². The number of benzene rings is 2. The zero-order valence-corrected chi connectivity index (χ0v) is 12.4. The molecule has 0 radical (unpaired) electrons. The maximum Gasteiger partial charge on any atom is 0.223 e. The molecule has 3 heteroatoms. The van der Waals surface area contributed by atoms with E-state index in [1.165, 1.54) is 16.3 Å². The molecule has 3 N–H and O–H groups in total. The fraction of sp³-hybridized carbons (Fsp3) is 0.389. The Morgan fingerprint density at radius 1 is 1.19 bits per heavy atom. The Kier molecular flexibility index (Phi) is 3.93. The van der Waals surface area contributed by atoms with Crippen molar-refractivity contribution in [3.63, 3.8) is 0 Å². The molecular formula is C18H22N2O. The molecule has 3 nitrogen and oxygen atoms in total. The molecule has 0 aromatic heterocycles. The van der Waals surface area contributed by atoms with E-state index in [0.29, 0.717) is 0 Å². The van der Waals surface area contributed by atoms with Gasteiger partial charge in [0.15, 0.2) is 0 Å². The molecule has 1 amide bonds. The minimum absolute atomic E-state index is 0.0143. The van der Waals surface area contributed by atoms with Gasteiger partial charge in [-0.15, -0.1) is 0 Å². The van der Waals surface area contributed by atoms with Crippen molar-refractivity contribution in [3.8, 4) is 0 Å². The summed E-state index contributed by atoms with van der Waals surface area (Å²) in [7, 11) is 0. The zero-order chi connectivity index (χ0) is 14.8. The molecule has 2 aromatic carbocycles. The molecule has 0 bridgehead atoms. The van der Waals surface area contributed by atoms with E-state index >= 15 is 0 Å². The summed E-state index contributed by atoms with van der Waals surface area (Å²) in [5.41, 5.74) is 7.07. The van der Waals surface area contributed by atoms with Crippen molar-refractivity contribution in [1.29, 1.82) is 0 Å². The number of hydrogen-bond donors (Lipinski definition) is 2. The average Bonchev–Trinajstić information content (AvgIpc) is 2.93. The molecular weight excluding hydrogens is 260 g/mol. The molecule has 3 atom stereocenters. The van der Waals surface area contributed by atoms with Gasteiger partial charge in [-0.1, -0.05) is 42.5 Å². The van der Waals surface area contributed by atoms with Gasteiger partial charge in [0.25, 0.3) is 0 Å². The summed E-state index contributed by atoms with van der Waals surface area (Å²) in [5, 5.41) is 5.57. The van der Waals surface area contributed by atoms with Crippen LogP contribution >= 0.6 is 0 Å². The average molecular weight is 282 g/mol. The van der Waals surface area contributed by atoms with E-state index in [4.69, 9.17) is 5.73 Å². The standard InChI is InChI=1S/C18H22N2O/c1-12(20-18(21)14-9-10-15(19)11-14)16-8-4-6-13-5-2-3-7-17(13)16/h2-8,12,14-15H,9-11,19H2,1H3,(H,20,21). The van der Waals surface area contributed by atoms with E-state index in [-0.39, 0.29) is 23.9 Å². The van der Waals surface area contributed by atoms with Crippen molar-refractivity contribution in [2.75, 3.05) is 0 Å². The minimum atomic E-state index is 0.0143. The molecule has 3 rings (SSSR count). The summed E-state index contributed by atoms with van der Waals surface area (Å²) >= 11 is 0. The van der Waals surface area contributed by atoms with E-state index in [1.54, 1.807) is 0 Å². The van der Waals surface area contributed by atoms with E-state index in [1.807, 2.05) is 18.2 Å². The lowest BCUT2D eigenvalue weighted by Gasteiger charge is -2.19. The number of nitrogens with one attached hydrogen (secondary N) is 1. The highest BCUT2D eigenvalue weighted by molar-refractivity contribution is 5.87. The minimum Gasteiger partial charge on any atom is -0.349 e. The third-order valence-corrected chi connectivity index (χ3v) is 4.49. The van der Waals surface area contributed by atoms with Crippen LogP contribution in [0.15, 0.2) is 42.5 Å². The first-order valence-electron chi connectivity index (χ1n) is 7.69. The number of hydrogen-bond acceptors (Lipinski definition) is 2. The molecule has 1 aliphatic carbocycles. The molecule has 0 saturated heterocycles. The second kappa shape index (κ2) is 5.86. The van der Waals surface area contributed by atoms with Crippen molar-refractivity contribution >= 4 is 16.7 Å². The van der Waals surface area contributed by atoms with Gasteiger partial charge in [0.2, 0.25) is 5.91 Å². The van der Waals surface area contributed by atoms with Crippen LogP contribution in [0.25, 0.3) is 10.8 Å². The molecule has 0 spiro atoms. The second-order valence-corrected chi connectivity index (χ2v) is 6.07. The first-order valence-corrected chi connectivity index (χ1v) is 7.69. The van der Waals surface area contributed by atoms with Crippen LogP contribution in [0, 0.1) is 5.92 Å². The lowest BCUT2D eigenvalue weighted by molar-refractivity contribution is -0.125. The van der Waals surface area contributed by atoms with Crippen molar-refractivity contribution in [2.45, 2.75) is 38.3 Å². The summed E-state index contributed by atoms with van der Waals surface area (Å²) in [6, 6.07) is 14.7. The van der Waals surface area contributed by atoms with Gasteiger partial charge >= 0.3 is 0 Å². The number of rotatable bonds is 3. The van der Waals surface area contributed by atoms with Crippen molar-refractivity contribution < 1.29 is 4.79 Å². The first-order chi connectivity index (χ1) is 10.1. The van der Waals surface area contributed by atoms with Crippen molar-refractivity contribution in [3.05, 3.63) is 48.0 Å². The Balaban J connectivity index is 1.78. The molecule has 1 saturated carbocycles. The number of carbonyl (C=O) groups is 1. The summed E-state index contributed by atoms with van der Waals surface area (Å²) in [4.78, 5) is 12.3. The third-order valence-electron chi connectivity index (χ3n) is 4.49. The summed E-state index contributed by atoms with van der Waals surface area (Å²) < 4.78 is 0. The highest BCUT2D eigenvalue weighted by Crippen LogP contribution is 2.27. The molecule has 2 aromatic rings. The van der Waals surface area contributed by atoms with Crippen LogP contribution < -0.4 is 11.1 Å². The normalized spacial score (nSPS) is 23.1. The Morgan fingerprint density at radius 2 is 1.95 bits per heavy atom. The van der Waals surface area contributed by atoms with Gasteiger partial charge < -0.3 is 11.1 Å². The molecule has 1 fully saturated rings. The van der Waals surface area contributed by atoms with Gasteiger partial charge in [0.05, 0.1) is 6.04 Å². The maximum absolute atomic E-state index is 12.3. The van der Waals surface area contributed by atoms with Crippen LogP contribution in [0.5, 0.6) is 0 Å². The largest absolute Gasteiger partial charge is 0.349 e. The predicted octanol–water partition coefficient (Wildman–Crippen LogP) is 3.14. The van der Waals surface area contributed by atoms with E-state index < -0.39 is 0 Å². The highest BCUT2D eigenvalue weighted by atomic mass is 16.1. The van der Waals surface area contributed by atoms with Gasteiger partial charge in [0.1, 0.15) is 0 Å². The summed E-state index contributed by atoms with van der Waals surface area (Å²) in [6.07, 6.45) is 2.68. The number of fused-ring (bicyclic) bond motifs is 1. The summed E-state index contributed by atoms with van der Waals surface area (Å²) in [6.45, 7) is 2.05. The van der Waals surface area contributed by atoms with E-state index in [0.717, 1.165) is 19.3 Å². The van der Waals surface area contributed by atoms with Crippen LogP contribution in [0.3, 0.4) is 0 Å². The monoisotopic (exact) mass is 282 g/mol. The summed E-state index contributed by atoms with van der Waals surface area (Å²) in [5.74, 6) is 0.223. The molecule has 1 aliphatic rings. The lowest BCUT2D eigenvalue weighted by atomic mass is 9.98. The van der Waals surface area contributed by atoms with Crippen LogP contribution in [0.1, 0.15) is 37.8 Å². The number of carbonyl (C=O) groups excluding carboxylic acids is 1. The third kappa shape index (κ3) is 2.93. The molecule has 21 heavy (non-hydrogen) atoms. The van der Waals surface area contributed by atoms with Gasteiger partial charge in [-0.3, -0.25) is 4.79 Å². The highest BCUT2D eigenvalue weighted by Gasteiger charge is 2.28. The van der Waals surface area contributed by atoms with Crippen LogP contribution in [0.4, 0.5) is 0 Å². The van der Waals surface area contributed by atoms with E-state index in [9.17, 15) is 4.79 Å². The SMILES string of the molecule is CC(NC(=O)C1CCC(N)C1)c1cccc2ccccc12. The Bertz CT molecular complexity index is 647. The molecule has 110 valence electrons. The number of amides is 1. The number of nitrogens with two attached hydrogens (primary N) is 1. The lowest BCUT2D eigenvalue weighted by Crippen LogP contribution is -2.32. The smallest absolute Gasteiger partial charge is 0.223 e. The topological polar surface area (TPSA) is 55.1 Å². The van der Waals surface area contributed by atoms with Crippen LogP contribution in [-0.2, 0) is 4.79 Å². The molecule has 3 unspecified atom stereocenters. The van der Waals surface area contributed by atoms with Crippen LogP contribution in [0.2, 0.25) is 0 Å². The Hall–Kier alpha value is -1.87. The first kappa shape index (κ1) is 14.1. The molecule has 0 heterocycles. The maximum atomic E-state index is 12.3. The predicted molar refractivity (Wildman–Crippen MR) is 85.8 cm³/mol. The fourth-order valence-corrected chi connectivity index (χ4v) is 3.29. The van der Waals surface area contributed by atoms with Gasteiger partial charge in [0, 0.05) is 12.0 Å². The quantitative estimate of drug-likeness (QED) is 0.908. The zero-order valence-electron chi connectivity index (χ0n) is 12.4.